The fourth-order valence-corrected chi connectivity index (χ4v) is 3.47. The largest absolute Gasteiger partial charge is 0.423 e. The van der Waals surface area contributed by atoms with Crippen LogP contribution >= 0.6 is 0 Å². The lowest BCUT2D eigenvalue weighted by Crippen LogP contribution is -2.52. The number of hydrogen-bond acceptors (Lipinski definition) is 7. The minimum atomic E-state index is -0.630. The molecule has 2 saturated heterocycles. The van der Waals surface area contributed by atoms with Crippen molar-refractivity contribution >= 4 is 5.97 Å². The van der Waals surface area contributed by atoms with Crippen LogP contribution in [0.2, 0.25) is 0 Å². The van der Waals surface area contributed by atoms with E-state index in [0.29, 0.717) is 36.7 Å². The fourth-order valence-electron chi connectivity index (χ4n) is 3.47. The number of benzene rings is 2. The lowest BCUT2D eigenvalue weighted by Gasteiger charge is -2.41. The summed E-state index contributed by atoms with van der Waals surface area (Å²) in [6.45, 7) is 0.825. The first-order valence-electron chi connectivity index (χ1n) is 10.8. The Labute approximate surface area is 215 Å². The van der Waals surface area contributed by atoms with Gasteiger partial charge in [0.2, 0.25) is 0 Å². The third-order valence-electron chi connectivity index (χ3n) is 5.18. The van der Waals surface area contributed by atoms with Crippen molar-refractivity contribution in [3.05, 3.63) is 59.7 Å². The molecule has 4 rings (SSSR count). The zero-order valence-corrected chi connectivity index (χ0v) is 18.5. The van der Waals surface area contributed by atoms with Gasteiger partial charge >= 0.3 is 5.97 Å². The highest BCUT2D eigenvalue weighted by atomic mass is 16.7. The van der Waals surface area contributed by atoms with Gasteiger partial charge in [0.25, 0.3) is 0 Å². The number of esters is 1. The van der Waals surface area contributed by atoms with E-state index in [0.717, 1.165) is 5.56 Å². The molecule has 2 aliphatic rings. The second-order valence-electron chi connectivity index (χ2n) is 7.49. The summed E-state index contributed by atoms with van der Waals surface area (Å²) in [4.78, 5) is 12.5. The van der Waals surface area contributed by atoms with Crippen molar-refractivity contribution in [2.24, 2.45) is 0 Å². The molecule has 0 aliphatic carbocycles. The van der Waals surface area contributed by atoms with E-state index in [-0.39, 0.29) is 17.5 Å². The van der Waals surface area contributed by atoms with Gasteiger partial charge in [-0.25, -0.2) is 4.79 Å². The van der Waals surface area contributed by atoms with Crippen LogP contribution in [0.15, 0.2) is 48.5 Å². The van der Waals surface area contributed by atoms with E-state index in [1.165, 1.54) is 0 Å². The molecular formula is C28H36O7. The molecule has 0 amide bonds. The Morgan fingerprint density at radius 1 is 0.971 bits per heavy atom. The first kappa shape index (κ1) is 23.9. The highest BCUT2D eigenvalue weighted by molar-refractivity contribution is 5.91. The molecule has 2 fully saturated rings. The number of aliphatic hydroxyl groups is 1. The Morgan fingerprint density at radius 2 is 1.69 bits per heavy atom. The van der Waals surface area contributed by atoms with E-state index in [1.54, 1.807) is 48.5 Å². The SMILES string of the molecule is C#CC#CC#CC#COc1ccc(C(=O)Oc2ccc([C@@H]3OC[C@H]4OCC[C@@H](O)[C@@H]4O3)cc2)cc1.[HH].[HH].[HH].[HH].[HH].[HH].[HH].[HH]. The molecule has 7 nitrogen and oxygen atoms in total. The average molecular weight is 485 g/mol. The molecule has 0 radical (unpaired) electrons. The summed E-state index contributed by atoms with van der Waals surface area (Å²) >= 11 is 0. The van der Waals surface area contributed by atoms with Gasteiger partial charge in [-0.1, -0.05) is 12.1 Å². The molecule has 0 unspecified atom stereocenters. The van der Waals surface area contributed by atoms with Crippen molar-refractivity contribution in [3.8, 4) is 59.6 Å². The van der Waals surface area contributed by atoms with Gasteiger partial charge in [0.1, 0.15) is 29.8 Å². The van der Waals surface area contributed by atoms with E-state index >= 15 is 0 Å². The first-order valence-corrected chi connectivity index (χ1v) is 10.8. The Kier molecular flexibility index (Phi) is 8.05. The standard InChI is InChI=1S/C28H20O7.8H2/c1-2-3-4-5-6-7-17-31-22-12-8-20(9-13-22)27(30)34-23-14-10-21(11-15-23)28-33-19-25-26(35-28)24(29)16-18-32-25;;;;;;;;/h1,8-15,24-26,28-29H,16,18-19H2;8*1H/t24-,25-,26+,28-;;;;;;;;/m1......../s1. The third-order valence-corrected chi connectivity index (χ3v) is 5.18. The fraction of sp³-hybridized carbons (Fsp3) is 0.250. The van der Waals surface area contributed by atoms with Crippen LogP contribution in [-0.4, -0.2) is 42.6 Å². The van der Waals surface area contributed by atoms with Gasteiger partial charge in [-0.2, -0.15) is 0 Å². The van der Waals surface area contributed by atoms with Gasteiger partial charge in [-0.05, 0) is 60.6 Å². The van der Waals surface area contributed by atoms with Crippen LogP contribution in [-0.2, 0) is 14.2 Å². The van der Waals surface area contributed by atoms with E-state index in [4.69, 9.17) is 30.1 Å². The van der Waals surface area contributed by atoms with Crippen molar-refractivity contribution in [1.82, 2.24) is 0 Å². The summed E-state index contributed by atoms with van der Waals surface area (Å²) in [7, 11) is 0. The number of hydrogen-bond donors (Lipinski definition) is 1. The molecule has 190 valence electrons. The first-order chi connectivity index (χ1) is 17.1. The zero-order valence-electron chi connectivity index (χ0n) is 18.5. The third kappa shape index (κ3) is 6.44. The van der Waals surface area contributed by atoms with Crippen molar-refractivity contribution < 1.29 is 45.0 Å². The molecule has 2 heterocycles. The van der Waals surface area contributed by atoms with Crippen molar-refractivity contribution in [2.75, 3.05) is 13.2 Å². The predicted octanol–water partition coefficient (Wildman–Crippen LogP) is 4.42. The highest BCUT2D eigenvalue weighted by Crippen LogP contribution is 2.32. The van der Waals surface area contributed by atoms with E-state index in [1.807, 2.05) is 0 Å². The number of aliphatic hydroxyl groups excluding tert-OH is 1. The van der Waals surface area contributed by atoms with Crippen molar-refractivity contribution in [3.63, 3.8) is 0 Å². The van der Waals surface area contributed by atoms with Crippen molar-refractivity contribution in [1.29, 1.82) is 0 Å². The maximum Gasteiger partial charge on any atom is 0.343 e. The van der Waals surface area contributed by atoms with Crippen LogP contribution in [0.5, 0.6) is 11.5 Å². The van der Waals surface area contributed by atoms with Crippen molar-refractivity contribution in [2.45, 2.75) is 31.0 Å². The quantitative estimate of drug-likeness (QED) is 0.391. The molecule has 1 N–H and O–H groups in total. The molecule has 2 aliphatic heterocycles. The molecule has 35 heavy (non-hydrogen) atoms. The normalized spacial score (nSPS) is 22.3. The van der Waals surface area contributed by atoms with Crippen LogP contribution in [0.1, 0.15) is 40.0 Å². The number of fused-ring (bicyclic) bond motifs is 1. The Balaban J connectivity index is -0.000000602. The minimum Gasteiger partial charge on any atom is -0.423 e. The monoisotopic (exact) mass is 484 g/mol. The maximum atomic E-state index is 12.5. The lowest BCUT2D eigenvalue weighted by atomic mass is 10.0. The topological polar surface area (TPSA) is 83.5 Å². The van der Waals surface area contributed by atoms with Gasteiger partial charge < -0.3 is 28.8 Å². The van der Waals surface area contributed by atoms with Gasteiger partial charge in [0, 0.05) is 41.3 Å². The van der Waals surface area contributed by atoms with E-state index in [9.17, 15) is 9.90 Å². The summed E-state index contributed by atoms with van der Waals surface area (Å²) in [6.07, 6.45) is 6.00. The van der Waals surface area contributed by atoms with Crippen LogP contribution in [0.3, 0.4) is 0 Å². The predicted molar refractivity (Wildman–Crippen MR) is 141 cm³/mol. The molecule has 0 bridgehead atoms. The average Bonchev–Trinajstić information content (AvgIpc) is 2.89. The summed E-state index contributed by atoms with van der Waals surface area (Å²) in [5.74, 6) is 14.6. The van der Waals surface area contributed by atoms with E-state index < -0.39 is 24.5 Å². The Hall–Kier alpha value is -4.21. The summed E-state index contributed by atoms with van der Waals surface area (Å²) in [5, 5.41) is 10.2. The number of ether oxygens (including phenoxy) is 5. The van der Waals surface area contributed by atoms with Crippen LogP contribution in [0.25, 0.3) is 0 Å². The number of carbonyl (C=O) groups excluding carboxylic acids is 1. The second-order valence-corrected chi connectivity index (χ2v) is 7.49. The molecule has 4 atom stereocenters. The minimum absolute atomic E-state index is 0. The van der Waals surface area contributed by atoms with Crippen LogP contribution < -0.4 is 9.47 Å². The molecule has 0 aromatic heterocycles. The van der Waals surface area contributed by atoms with Gasteiger partial charge in [0.05, 0.1) is 18.3 Å². The van der Waals surface area contributed by atoms with Gasteiger partial charge in [-0.3, -0.25) is 0 Å². The Morgan fingerprint density at radius 3 is 2.46 bits per heavy atom. The summed E-state index contributed by atoms with van der Waals surface area (Å²) in [5.41, 5.74) is 1.09. The number of terminal acetylenes is 1. The van der Waals surface area contributed by atoms with Gasteiger partial charge in [-0.15, -0.1) is 6.42 Å². The smallest absolute Gasteiger partial charge is 0.343 e. The molecule has 2 aromatic rings. The maximum absolute atomic E-state index is 12.5. The van der Waals surface area contributed by atoms with Gasteiger partial charge in [0.15, 0.2) is 6.29 Å². The zero-order chi connectivity index (χ0) is 24.5. The summed E-state index contributed by atoms with van der Waals surface area (Å²) < 4.78 is 27.9. The Bertz CT molecular complexity index is 1300. The van der Waals surface area contributed by atoms with Crippen LogP contribution in [0, 0.1) is 48.1 Å². The number of carbonyl (C=O) groups is 1. The molecule has 2 aromatic carbocycles. The second kappa shape index (κ2) is 11.8. The lowest BCUT2D eigenvalue weighted by molar-refractivity contribution is -0.298. The summed E-state index contributed by atoms with van der Waals surface area (Å²) in [6, 6.07) is 13.1. The molecular weight excluding hydrogens is 448 g/mol. The van der Waals surface area contributed by atoms with E-state index in [2.05, 4.69) is 41.6 Å². The van der Waals surface area contributed by atoms with Crippen LogP contribution in [0.4, 0.5) is 0 Å². The molecule has 7 heteroatoms. The molecule has 0 spiro atoms. The number of rotatable bonds is 4. The molecule has 0 saturated carbocycles. The highest BCUT2D eigenvalue weighted by Gasteiger charge is 2.40.